The van der Waals surface area contributed by atoms with E-state index in [4.69, 9.17) is 4.52 Å². The predicted molar refractivity (Wildman–Crippen MR) is 83.8 cm³/mol. The molecule has 1 heterocycles. The molecule has 0 aliphatic carbocycles. The lowest BCUT2D eigenvalue weighted by molar-refractivity contribution is 0.380. The Kier molecular flexibility index (Phi) is 5.31. The molecule has 0 unspecified atom stereocenters. The molecule has 0 aliphatic rings. The number of benzene rings is 1. The zero-order valence-corrected chi connectivity index (χ0v) is 13.8. The molecule has 1 aromatic heterocycles. The maximum Gasteiger partial charge on any atom is 0.223 e. The van der Waals surface area contributed by atoms with Gasteiger partial charge in [-0.15, -0.1) is 0 Å². The highest BCUT2D eigenvalue weighted by Gasteiger charge is 2.24. The molecule has 7 heteroatoms. The van der Waals surface area contributed by atoms with E-state index in [-0.39, 0.29) is 11.7 Å². The molecule has 0 amide bonds. The van der Waals surface area contributed by atoms with Gasteiger partial charge < -0.3 is 4.52 Å². The minimum Gasteiger partial charge on any atom is -0.340 e. The van der Waals surface area contributed by atoms with Crippen molar-refractivity contribution in [3.8, 4) is 0 Å². The van der Waals surface area contributed by atoms with Crippen molar-refractivity contribution in [3.63, 3.8) is 0 Å². The molecule has 2 atom stereocenters. The third-order valence-electron chi connectivity index (χ3n) is 3.42. The Balaban J connectivity index is 2.06. The molecule has 0 radical (unpaired) electrons. The summed E-state index contributed by atoms with van der Waals surface area (Å²) < 4.78 is 32.3. The monoisotopic (exact) mass is 323 g/mol. The third-order valence-corrected chi connectivity index (χ3v) is 5.01. The summed E-state index contributed by atoms with van der Waals surface area (Å²) in [5.74, 6) is 0.717. The molecule has 0 spiro atoms. The molecule has 0 saturated carbocycles. The quantitative estimate of drug-likeness (QED) is 0.846. The zero-order chi connectivity index (χ0) is 16.2. The SMILES string of the molecule is CC[C@H](NS(=O)(=O)C[C@H](C)c1ccccc1)c1noc(C)n1. The van der Waals surface area contributed by atoms with E-state index in [1.54, 1.807) is 6.92 Å². The molecule has 1 aromatic carbocycles. The van der Waals surface area contributed by atoms with Crippen LogP contribution in [0, 0.1) is 6.92 Å². The molecule has 0 aliphatic heterocycles. The smallest absolute Gasteiger partial charge is 0.223 e. The minimum absolute atomic E-state index is 0.0182. The largest absolute Gasteiger partial charge is 0.340 e. The van der Waals surface area contributed by atoms with Gasteiger partial charge in [-0.25, -0.2) is 13.1 Å². The Morgan fingerprint density at radius 3 is 2.50 bits per heavy atom. The van der Waals surface area contributed by atoms with E-state index in [0.29, 0.717) is 18.1 Å². The van der Waals surface area contributed by atoms with Crippen molar-refractivity contribution in [3.05, 3.63) is 47.6 Å². The minimum atomic E-state index is -3.45. The summed E-state index contributed by atoms with van der Waals surface area (Å²) in [5.41, 5.74) is 0.997. The van der Waals surface area contributed by atoms with Gasteiger partial charge in [-0.2, -0.15) is 4.98 Å². The van der Waals surface area contributed by atoms with E-state index >= 15 is 0 Å². The third kappa shape index (κ3) is 4.38. The Morgan fingerprint density at radius 2 is 1.95 bits per heavy atom. The number of nitrogens with one attached hydrogen (secondary N) is 1. The average Bonchev–Trinajstić information content (AvgIpc) is 2.91. The Bertz CT molecular complexity index is 698. The van der Waals surface area contributed by atoms with Crippen molar-refractivity contribution in [2.24, 2.45) is 0 Å². The van der Waals surface area contributed by atoms with E-state index in [9.17, 15) is 8.42 Å². The second-order valence-corrected chi connectivity index (χ2v) is 7.14. The first kappa shape index (κ1) is 16.6. The first-order valence-corrected chi connectivity index (χ1v) is 8.91. The Labute approximate surface area is 131 Å². The lowest BCUT2D eigenvalue weighted by atomic mass is 10.0. The van der Waals surface area contributed by atoms with Gasteiger partial charge >= 0.3 is 0 Å². The highest BCUT2D eigenvalue weighted by molar-refractivity contribution is 7.89. The lowest BCUT2D eigenvalue weighted by Crippen LogP contribution is -2.32. The molecular weight excluding hydrogens is 302 g/mol. The summed E-state index contributed by atoms with van der Waals surface area (Å²) >= 11 is 0. The fourth-order valence-electron chi connectivity index (χ4n) is 2.25. The number of hydrogen-bond acceptors (Lipinski definition) is 5. The first-order chi connectivity index (χ1) is 10.4. The van der Waals surface area contributed by atoms with Crippen LogP contribution in [0.2, 0.25) is 0 Å². The molecule has 0 saturated heterocycles. The molecule has 0 bridgehead atoms. The fourth-order valence-corrected chi connectivity index (χ4v) is 3.90. The standard InChI is InChI=1S/C15H21N3O3S/c1-4-14(15-16-12(3)21-17-15)18-22(19,20)10-11(2)13-8-6-5-7-9-13/h5-9,11,14,18H,4,10H2,1-3H3/t11-,14-/m0/s1. The highest BCUT2D eigenvalue weighted by Crippen LogP contribution is 2.19. The molecule has 22 heavy (non-hydrogen) atoms. The van der Waals surface area contributed by atoms with E-state index in [0.717, 1.165) is 5.56 Å². The van der Waals surface area contributed by atoms with E-state index < -0.39 is 16.1 Å². The van der Waals surface area contributed by atoms with E-state index in [2.05, 4.69) is 14.9 Å². The lowest BCUT2D eigenvalue weighted by Gasteiger charge is -2.17. The van der Waals surface area contributed by atoms with Crippen molar-refractivity contribution in [2.45, 2.75) is 39.2 Å². The van der Waals surface area contributed by atoms with Gasteiger partial charge in [0.05, 0.1) is 11.8 Å². The first-order valence-electron chi connectivity index (χ1n) is 7.26. The average molecular weight is 323 g/mol. The van der Waals surface area contributed by atoms with Crippen LogP contribution in [0.15, 0.2) is 34.9 Å². The number of rotatable bonds is 7. The van der Waals surface area contributed by atoms with Gasteiger partial charge in [0.25, 0.3) is 0 Å². The molecule has 0 fully saturated rings. The van der Waals surface area contributed by atoms with Crippen LogP contribution in [0.3, 0.4) is 0 Å². The van der Waals surface area contributed by atoms with Crippen LogP contribution in [0.1, 0.15) is 49.5 Å². The number of aromatic nitrogens is 2. The van der Waals surface area contributed by atoms with Crippen LogP contribution in [0.5, 0.6) is 0 Å². The van der Waals surface area contributed by atoms with Crippen LogP contribution in [0.4, 0.5) is 0 Å². The van der Waals surface area contributed by atoms with Crippen molar-refractivity contribution < 1.29 is 12.9 Å². The van der Waals surface area contributed by atoms with Gasteiger partial charge in [-0.1, -0.05) is 49.3 Å². The Hall–Kier alpha value is -1.73. The zero-order valence-electron chi connectivity index (χ0n) is 13.0. The van der Waals surface area contributed by atoms with E-state index in [1.165, 1.54) is 0 Å². The summed E-state index contributed by atoms with van der Waals surface area (Å²) in [6.45, 7) is 5.45. The van der Waals surface area contributed by atoms with Crippen molar-refractivity contribution in [2.75, 3.05) is 5.75 Å². The van der Waals surface area contributed by atoms with Crippen molar-refractivity contribution in [1.82, 2.24) is 14.9 Å². The second-order valence-electron chi connectivity index (χ2n) is 5.34. The number of sulfonamides is 1. The molecule has 1 N–H and O–H groups in total. The van der Waals surface area contributed by atoms with Gasteiger partial charge in [0, 0.05) is 6.92 Å². The van der Waals surface area contributed by atoms with Crippen LogP contribution in [0.25, 0.3) is 0 Å². The normalized spacial score (nSPS) is 14.7. The Morgan fingerprint density at radius 1 is 1.27 bits per heavy atom. The van der Waals surface area contributed by atoms with Crippen LogP contribution in [-0.4, -0.2) is 24.3 Å². The van der Waals surface area contributed by atoms with Gasteiger partial charge in [0.15, 0.2) is 5.82 Å². The number of aryl methyl sites for hydroxylation is 1. The highest BCUT2D eigenvalue weighted by atomic mass is 32.2. The summed E-state index contributed by atoms with van der Waals surface area (Å²) in [7, 11) is -3.45. The topological polar surface area (TPSA) is 85.1 Å². The molecule has 6 nitrogen and oxygen atoms in total. The van der Waals surface area contributed by atoms with Gasteiger partial charge in [0.2, 0.25) is 15.9 Å². The second kappa shape index (κ2) is 7.02. The summed E-state index contributed by atoms with van der Waals surface area (Å²) in [6, 6.07) is 9.12. The molecule has 2 aromatic rings. The van der Waals surface area contributed by atoms with Gasteiger partial charge in [-0.05, 0) is 17.9 Å². The molecule has 2 rings (SSSR count). The van der Waals surface area contributed by atoms with Gasteiger partial charge in [-0.3, -0.25) is 0 Å². The van der Waals surface area contributed by atoms with Crippen LogP contribution in [-0.2, 0) is 10.0 Å². The maximum absolute atomic E-state index is 12.4. The fraction of sp³-hybridized carbons (Fsp3) is 0.467. The van der Waals surface area contributed by atoms with Crippen molar-refractivity contribution >= 4 is 10.0 Å². The van der Waals surface area contributed by atoms with Gasteiger partial charge in [0.1, 0.15) is 0 Å². The summed E-state index contributed by atoms with van der Waals surface area (Å²) in [4.78, 5) is 4.10. The number of nitrogens with zero attached hydrogens (tertiary/aromatic N) is 2. The summed E-state index contributed by atoms with van der Waals surface area (Å²) in [6.07, 6.45) is 0.553. The number of hydrogen-bond donors (Lipinski definition) is 1. The predicted octanol–water partition coefficient (Wildman–Crippen LogP) is 2.55. The maximum atomic E-state index is 12.4. The van der Waals surface area contributed by atoms with Crippen LogP contribution >= 0.6 is 0 Å². The molecule has 120 valence electrons. The van der Waals surface area contributed by atoms with Crippen LogP contribution < -0.4 is 4.72 Å². The van der Waals surface area contributed by atoms with E-state index in [1.807, 2.05) is 44.2 Å². The molecular formula is C15H21N3O3S. The van der Waals surface area contributed by atoms with Crippen molar-refractivity contribution in [1.29, 1.82) is 0 Å². The summed E-state index contributed by atoms with van der Waals surface area (Å²) in [5, 5.41) is 3.80.